The molecule has 1 aliphatic heterocycles. The lowest BCUT2D eigenvalue weighted by Crippen LogP contribution is -2.48. The molecule has 0 bridgehead atoms. The lowest BCUT2D eigenvalue weighted by atomic mass is 10.1. The first-order valence-corrected chi connectivity index (χ1v) is 10.8. The number of tetrazole rings is 1. The maximum Gasteiger partial charge on any atom is 0.174 e. The fraction of sp³-hybridized carbons (Fsp3) is 0.455. The minimum atomic E-state index is -0.0521. The van der Waals surface area contributed by atoms with Crippen LogP contribution in [0.4, 0.5) is 5.69 Å². The van der Waals surface area contributed by atoms with Gasteiger partial charge >= 0.3 is 0 Å². The van der Waals surface area contributed by atoms with Gasteiger partial charge in [0, 0.05) is 38.1 Å². The molecule has 5 rings (SSSR count). The Morgan fingerprint density at radius 1 is 0.933 bits per heavy atom. The van der Waals surface area contributed by atoms with Crippen molar-refractivity contribution in [2.75, 3.05) is 31.1 Å². The SMILES string of the molecule is Oc1ccc(N2CCN([C@H](c3ccccn3)c3nnnn3C3CCCC3)CC2)cc1. The minimum Gasteiger partial charge on any atom is -0.508 e. The molecule has 1 aliphatic carbocycles. The number of benzene rings is 1. The molecule has 2 aromatic heterocycles. The van der Waals surface area contributed by atoms with Crippen LogP contribution in [0.2, 0.25) is 0 Å². The number of aromatic nitrogens is 5. The molecule has 8 heteroatoms. The van der Waals surface area contributed by atoms with Crippen LogP contribution >= 0.6 is 0 Å². The predicted molar refractivity (Wildman–Crippen MR) is 113 cm³/mol. The van der Waals surface area contributed by atoms with Crippen LogP contribution in [0.25, 0.3) is 0 Å². The van der Waals surface area contributed by atoms with Gasteiger partial charge in [-0.25, -0.2) is 4.68 Å². The monoisotopic (exact) mass is 405 g/mol. The number of pyridine rings is 1. The average molecular weight is 406 g/mol. The number of piperazine rings is 1. The molecule has 1 saturated heterocycles. The summed E-state index contributed by atoms with van der Waals surface area (Å²) in [5.74, 6) is 1.20. The molecular weight excluding hydrogens is 378 g/mol. The molecule has 0 radical (unpaired) electrons. The van der Waals surface area contributed by atoms with Gasteiger partial charge in [0.25, 0.3) is 0 Å². The van der Waals surface area contributed by atoms with E-state index in [4.69, 9.17) is 0 Å². The Morgan fingerprint density at radius 3 is 2.40 bits per heavy atom. The highest BCUT2D eigenvalue weighted by molar-refractivity contribution is 5.49. The van der Waals surface area contributed by atoms with Crippen LogP contribution in [0.5, 0.6) is 5.75 Å². The molecule has 2 fully saturated rings. The first-order chi connectivity index (χ1) is 14.8. The van der Waals surface area contributed by atoms with E-state index in [0.29, 0.717) is 11.8 Å². The highest BCUT2D eigenvalue weighted by Gasteiger charge is 2.33. The second-order valence-electron chi connectivity index (χ2n) is 8.12. The highest BCUT2D eigenvalue weighted by atomic mass is 16.3. The van der Waals surface area contributed by atoms with Crippen molar-refractivity contribution >= 4 is 5.69 Å². The third-order valence-electron chi connectivity index (χ3n) is 6.30. The quantitative estimate of drug-likeness (QED) is 0.699. The smallest absolute Gasteiger partial charge is 0.174 e. The minimum absolute atomic E-state index is 0.0521. The van der Waals surface area contributed by atoms with E-state index in [1.165, 1.54) is 12.8 Å². The Hall–Kier alpha value is -3.00. The number of hydrogen-bond acceptors (Lipinski definition) is 7. The molecule has 2 aliphatic rings. The summed E-state index contributed by atoms with van der Waals surface area (Å²) in [5, 5.41) is 22.5. The van der Waals surface area contributed by atoms with Gasteiger partial charge in [0.15, 0.2) is 5.82 Å². The molecule has 1 atom stereocenters. The van der Waals surface area contributed by atoms with Gasteiger partial charge in [-0.1, -0.05) is 18.9 Å². The largest absolute Gasteiger partial charge is 0.508 e. The summed E-state index contributed by atoms with van der Waals surface area (Å²) < 4.78 is 2.05. The van der Waals surface area contributed by atoms with E-state index in [0.717, 1.165) is 56.2 Å². The summed E-state index contributed by atoms with van der Waals surface area (Å²) in [7, 11) is 0. The second kappa shape index (κ2) is 8.39. The van der Waals surface area contributed by atoms with Crippen molar-refractivity contribution in [1.82, 2.24) is 30.1 Å². The third-order valence-corrected chi connectivity index (χ3v) is 6.30. The molecule has 3 aromatic rings. The zero-order chi connectivity index (χ0) is 20.3. The molecule has 0 unspecified atom stereocenters. The summed E-state index contributed by atoms with van der Waals surface area (Å²) in [4.78, 5) is 9.47. The number of phenols is 1. The van der Waals surface area contributed by atoms with E-state index in [1.54, 1.807) is 12.1 Å². The molecular formula is C22H27N7O. The van der Waals surface area contributed by atoms with Gasteiger partial charge in [-0.3, -0.25) is 9.88 Å². The Kier molecular flexibility index (Phi) is 5.31. The number of hydrogen-bond donors (Lipinski definition) is 1. The number of nitrogens with zero attached hydrogens (tertiary/aromatic N) is 7. The van der Waals surface area contributed by atoms with Crippen LogP contribution in [-0.2, 0) is 0 Å². The van der Waals surface area contributed by atoms with Gasteiger partial charge in [-0.05, 0) is 59.7 Å². The molecule has 1 saturated carbocycles. The number of anilines is 1. The van der Waals surface area contributed by atoms with Gasteiger partial charge in [-0.15, -0.1) is 5.10 Å². The molecule has 30 heavy (non-hydrogen) atoms. The van der Waals surface area contributed by atoms with Gasteiger partial charge in [0.1, 0.15) is 11.8 Å². The summed E-state index contributed by atoms with van der Waals surface area (Å²) >= 11 is 0. The van der Waals surface area contributed by atoms with E-state index >= 15 is 0 Å². The molecule has 0 amide bonds. The Labute approximate surface area is 176 Å². The van der Waals surface area contributed by atoms with Crippen LogP contribution in [0.15, 0.2) is 48.7 Å². The van der Waals surface area contributed by atoms with Crippen LogP contribution in [0, 0.1) is 0 Å². The summed E-state index contributed by atoms with van der Waals surface area (Å²) in [6.45, 7) is 3.58. The Bertz CT molecular complexity index is 945. The summed E-state index contributed by atoms with van der Waals surface area (Å²) in [6.07, 6.45) is 6.61. The van der Waals surface area contributed by atoms with Crippen molar-refractivity contribution in [2.24, 2.45) is 0 Å². The first-order valence-electron chi connectivity index (χ1n) is 10.8. The Morgan fingerprint density at radius 2 is 1.70 bits per heavy atom. The molecule has 156 valence electrons. The highest BCUT2D eigenvalue weighted by Crippen LogP contribution is 2.34. The van der Waals surface area contributed by atoms with Gasteiger partial charge in [-0.2, -0.15) is 0 Å². The van der Waals surface area contributed by atoms with E-state index in [9.17, 15) is 5.11 Å². The lowest BCUT2D eigenvalue weighted by Gasteiger charge is -2.39. The first kappa shape index (κ1) is 19.0. The maximum atomic E-state index is 9.56. The number of aromatic hydroxyl groups is 1. The third kappa shape index (κ3) is 3.75. The maximum absolute atomic E-state index is 9.56. The van der Waals surface area contributed by atoms with Crippen molar-refractivity contribution in [1.29, 1.82) is 0 Å². The van der Waals surface area contributed by atoms with E-state index in [1.807, 2.05) is 30.5 Å². The summed E-state index contributed by atoms with van der Waals surface area (Å²) in [6, 6.07) is 13.8. The van der Waals surface area contributed by atoms with Gasteiger partial charge in [0.05, 0.1) is 11.7 Å². The predicted octanol–water partition coefficient (Wildman–Crippen LogP) is 2.80. The molecule has 3 heterocycles. The normalized spacial score (nSPS) is 19.3. The topological polar surface area (TPSA) is 83.2 Å². The van der Waals surface area contributed by atoms with Crippen molar-refractivity contribution in [2.45, 2.75) is 37.8 Å². The molecule has 8 nitrogen and oxygen atoms in total. The Balaban J connectivity index is 1.40. The zero-order valence-corrected chi connectivity index (χ0v) is 17.0. The van der Waals surface area contributed by atoms with E-state index in [-0.39, 0.29) is 6.04 Å². The van der Waals surface area contributed by atoms with Crippen molar-refractivity contribution in [3.05, 3.63) is 60.2 Å². The van der Waals surface area contributed by atoms with Crippen LogP contribution in [0.1, 0.15) is 49.3 Å². The number of phenolic OH excluding ortho intramolecular Hbond substituents is 1. The van der Waals surface area contributed by atoms with Crippen molar-refractivity contribution in [3.63, 3.8) is 0 Å². The fourth-order valence-electron chi connectivity index (χ4n) is 4.71. The van der Waals surface area contributed by atoms with Crippen molar-refractivity contribution < 1.29 is 5.11 Å². The lowest BCUT2D eigenvalue weighted by molar-refractivity contribution is 0.194. The van der Waals surface area contributed by atoms with Gasteiger partial charge in [0.2, 0.25) is 0 Å². The molecule has 1 N–H and O–H groups in total. The zero-order valence-electron chi connectivity index (χ0n) is 17.0. The molecule has 1 aromatic carbocycles. The van der Waals surface area contributed by atoms with Crippen LogP contribution in [0.3, 0.4) is 0 Å². The van der Waals surface area contributed by atoms with E-state index < -0.39 is 0 Å². The molecule has 0 spiro atoms. The van der Waals surface area contributed by atoms with Gasteiger partial charge < -0.3 is 10.0 Å². The van der Waals surface area contributed by atoms with Crippen LogP contribution < -0.4 is 4.90 Å². The standard InChI is InChI=1S/C22H27N7O/c30-19-10-8-17(9-11-19)27-13-15-28(16-14-27)21(20-7-3-4-12-23-20)22-24-25-26-29(22)18-5-1-2-6-18/h3-4,7-12,18,21,30H,1-2,5-6,13-16H2/t21-/m1/s1. The fourth-order valence-corrected chi connectivity index (χ4v) is 4.71. The second-order valence-corrected chi connectivity index (χ2v) is 8.12. The van der Waals surface area contributed by atoms with Crippen LogP contribution in [-0.4, -0.2) is 61.4 Å². The van der Waals surface area contributed by atoms with Crippen molar-refractivity contribution in [3.8, 4) is 5.75 Å². The number of rotatable bonds is 5. The average Bonchev–Trinajstić information content (AvgIpc) is 3.48. The van der Waals surface area contributed by atoms with E-state index in [2.05, 4.69) is 41.1 Å². The summed E-state index contributed by atoms with van der Waals surface area (Å²) in [5.41, 5.74) is 2.13.